The molecule has 0 radical (unpaired) electrons. The van der Waals surface area contributed by atoms with Gasteiger partial charge in [0.05, 0.1) is 18.8 Å². The lowest BCUT2D eigenvalue weighted by atomic mass is 10.1. The van der Waals surface area contributed by atoms with Gasteiger partial charge in [-0.25, -0.2) is 0 Å². The first-order valence-corrected chi connectivity index (χ1v) is 12.5. The molecule has 1 amide bonds. The summed E-state index contributed by atoms with van der Waals surface area (Å²) in [6, 6.07) is 23.2. The third-order valence-electron chi connectivity index (χ3n) is 5.29. The Morgan fingerprint density at radius 2 is 1.67 bits per heavy atom. The molecule has 0 spiro atoms. The molecule has 0 heterocycles. The van der Waals surface area contributed by atoms with Crippen LogP contribution < -0.4 is 14.8 Å². The predicted molar refractivity (Wildman–Crippen MR) is 138 cm³/mol. The van der Waals surface area contributed by atoms with E-state index >= 15 is 0 Å². The molecule has 0 aromatic heterocycles. The Morgan fingerprint density at radius 3 is 2.48 bits per heavy atom. The highest BCUT2D eigenvalue weighted by Crippen LogP contribution is 2.26. The van der Waals surface area contributed by atoms with Crippen molar-refractivity contribution in [2.24, 2.45) is 0 Å². The van der Waals surface area contributed by atoms with E-state index in [0.717, 1.165) is 23.1 Å². The number of benzene rings is 3. The molecule has 0 aliphatic carbocycles. The number of carbonyl (C=O) groups is 1. The minimum atomic E-state index is -0.220. The van der Waals surface area contributed by atoms with E-state index in [-0.39, 0.29) is 5.91 Å². The van der Waals surface area contributed by atoms with Crippen LogP contribution in [0.3, 0.4) is 0 Å². The van der Waals surface area contributed by atoms with E-state index in [1.165, 1.54) is 31.2 Å². The van der Waals surface area contributed by atoms with Gasteiger partial charge in [0.15, 0.2) is 0 Å². The number of rotatable bonds is 13. The highest BCUT2D eigenvalue weighted by atomic mass is 79.9. The van der Waals surface area contributed by atoms with E-state index in [2.05, 4.69) is 40.3 Å². The Hall–Kier alpha value is -2.79. The standard InChI is InChI=1S/C28H32BrNO3/c1-2-3-4-5-9-18-32-25-14-10-13-24(21-25)30-28(31)26-20-23(29)15-16-27(26)33-19-17-22-11-7-6-8-12-22/h6-8,10-16,20-21H,2-5,9,17-19H2,1H3,(H,30,31). The van der Waals surface area contributed by atoms with Crippen LogP contribution in [0.2, 0.25) is 0 Å². The molecule has 0 unspecified atom stereocenters. The van der Waals surface area contributed by atoms with Gasteiger partial charge in [0.1, 0.15) is 11.5 Å². The number of unbranched alkanes of at least 4 members (excludes halogenated alkanes) is 4. The van der Waals surface area contributed by atoms with Crippen molar-refractivity contribution >= 4 is 27.5 Å². The van der Waals surface area contributed by atoms with Gasteiger partial charge in [-0.1, -0.05) is 84.9 Å². The molecular formula is C28H32BrNO3. The summed E-state index contributed by atoms with van der Waals surface area (Å²) in [7, 11) is 0. The number of hydrogen-bond acceptors (Lipinski definition) is 3. The summed E-state index contributed by atoms with van der Waals surface area (Å²) in [5.74, 6) is 1.10. The average molecular weight is 510 g/mol. The van der Waals surface area contributed by atoms with Crippen LogP contribution in [0.4, 0.5) is 5.69 Å². The van der Waals surface area contributed by atoms with Crippen LogP contribution in [0.1, 0.15) is 54.9 Å². The topological polar surface area (TPSA) is 47.6 Å². The van der Waals surface area contributed by atoms with Gasteiger partial charge in [-0.15, -0.1) is 0 Å². The molecule has 1 N–H and O–H groups in total. The number of carbonyl (C=O) groups excluding carboxylic acids is 1. The summed E-state index contributed by atoms with van der Waals surface area (Å²) in [5.41, 5.74) is 2.38. The number of anilines is 1. The molecule has 0 saturated heterocycles. The van der Waals surface area contributed by atoms with Gasteiger partial charge < -0.3 is 14.8 Å². The minimum absolute atomic E-state index is 0.220. The third kappa shape index (κ3) is 8.58. The molecule has 0 aliphatic heterocycles. The lowest BCUT2D eigenvalue weighted by molar-refractivity contribution is 0.102. The van der Waals surface area contributed by atoms with Crippen molar-refractivity contribution in [3.05, 3.63) is 88.4 Å². The van der Waals surface area contributed by atoms with Crippen LogP contribution in [-0.4, -0.2) is 19.1 Å². The first-order valence-electron chi connectivity index (χ1n) is 11.7. The highest BCUT2D eigenvalue weighted by molar-refractivity contribution is 9.10. The van der Waals surface area contributed by atoms with Crippen molar-refractivity contribution in [3.8, 4) is 11.5 Å². The Morgan fingerprint density at radius 1 is 0.848 bits per heavy atom. The molecule has 0 bridgehead atoms. The zero-order chi connectivity index (χ0) is 23.3. The zero-order valence-electron chi connectivity index (χ0n) is 19.2. The maximum atomic E-state index is 13.0. The van der Waals surface area contributed by atoms with Crippen molar-refractivity contribution in [1.82, 2.24) is 0 Å². The van der Waals surface area contributed by atoms with Crippen molar-refractivity contribution < 1.29 is 14.3 Å². The van der Waals surface area contributed by atoms with Crippen LogP contribution in [0.25, 0.3) is 0 Å². The fourth-order valence-corrected chi connectivity index (χ4v) is 3.85. The summed E-state index contributed by atoms with van der Waals surface area (Å²) in [6.07, 6.45) is 6.75. The van der Waals surface area contributed by atoms with Crippen LogP contribution in [-0.2, 0) is 6.42 Å². The molecule has 5 heteroatoms. The van der Waals surface area contributed by atoms with E-state index < -0.39 is 0 Å². The Labute approximate surface area is 205 Å². The second-order valence-electron chi connectivity index (χ2n) is 7.97. The minimum Gasteiger partial charge on any atom is -0.494 e. The SMILES string of the molecule is CCCCCCCOc1cccc(NC(=O)c2cc(Br)ccc2OCCc2ccccc2)c1. The summed E-state index contributed by atoms with van der Waals surface area (Å²) in [6.45, 7) is 3.39. The van der Waals surface area contributed by atoms with Gasteiger partial charge in [-0.05, 0) is 42.3 Å². The predicted octanol–water partition coefficient (Wildman–Crippen LogP) is 7.67. The first kappa shape index (κ1) is 24.8. The van der Waals surface area contributed by atoms with E-state index in [1.807, 2.05) is 54.6 Å². The Balaban J connectivity index is 1.57. The molecule has 0 fully saturated rings. The van der Waals surface area contributed by atoms with Gasteiger partial charge in [0.25, 0.3) is 5.91 Å². The molecule has 0 aliphatic rings. The van der Waals surface area contributed by atoms with Crippen LogP contribution in [0, 0.1) is 0 Å². The van der Waals surface area contributed by atoms with E-state index in [0.29, 0.717) is 30.2 Å². The van der Waals surface area contributed by atoms with Crippen molar-refractivity contribution in [2.75, 3.05) is 18.5 Å². The lowest BCUT2D eigenvalue weighted by Crippen LogP contribution is -2.14. The smallest absolute Gasteiger partial charge is 0.259 e. The number of amides is 1. The van der Waals surface area contributed by atoms with Gasteiger partial charge >= 0.3 is 0 Å². The molecule has 3 rings (SSSR count). The number of ether oxygens (including phenoxy) is 2. The normalized spacial score (nSPS) is 10.6. The highest BCUT2D eigenvalue weighted by Gasteiger charge is 2.14. The molecule has 3 aromatic carbocycles. The van der Waals surface area contributed by atoms with Crippen molar-refractivity contribution in [2.45, 2.75) is 45.4 Å². The quantitative estimate of drug-likeness (QED) is 0.240. The van der Waals surface area contributed by atoms with E-state index in [4.69, 9.17) is 9.47 Å². The maximum absolute atomic E-state index is 13.0. The maximum Gasteiger partial charge on any atom is 0.259 e. The largest absolute Gasteiger partial charge is 0.494 e. The van der Waals surface area contributed by atoms with Gasteiger partial charge in [0, 0.05) is 22.6 Å². The van der Waals surface area contributed by atoms with E-state index in [1.54, 1.807) is 6.07 Å². The first-order chi connectivity index (χ1) is 16.2. The number of hydrogen-bond donors (Lipinski definition) is 1. The average Bonchev–Trinajstić information content (AvgIpc) is 2.83. The molecule has 174 valence electrons. The summed E-state index contributed by atoms with van der Waals surface area (Å²) in [5, 5.41) is 2.97. The molecular weight excluding hydrogens is 478 g/mol. The van der Waals surface area contributed by atoms with Crippen LogP contribution in [0.5, 0.6) is 11.5 Å². The van der Waals surface area contributed by atoms with Gasteiger partial charge in [-0.2, -0.15) is 0 Å². The summed E-state index contributed by atoms with van der Waals surface area (Å²) in [4.78, 5) is 13.0. The van der Waals surface area contributed by atoms with E-state index in [9.17, 15) is 4.79 Å². The molecule has 3 aromatic rings. The van der Waals surface area contributed by atoms with Gasteiger partial charge in [-0.3, -0.25) is 4.79 Å². The zero-order valence-corrected chi connectivity index (χ0v) is 20.8. The Kier molecular flexibility index (Phi) is 10.3. The monoisotopic (exact) mass is 509 g/mol. The lowest BCUT2D eigenvalue weighted by Gasteiger charge is -2.13. The summed E-state index contributed by atoms with van der Waals surface area (Å²) < 4.78 is 12.7. The molecule has 0 atom stereocenters. The van der Waals surface area contributed by atoms with Gasteiger partial charge in [0.2, 0.25) is 0 Å². The summed E-state index contributed by atoms with van der Waals surface area (Å²) >= 11 is 3.46. The second kappa shape index (κ2) is 13.7. The molecule has 4 nitrogen and oxygen atoms in total. The fraction of sp³-hybridized carbons (Fsp3) is 0.321. The number of halogens is 1. The second-order valence-corrected chi connectivity index (χ2v) is 8.88. The van der Waals surface area contributed by atoms with Crippen LogP contribution in [0.15, 0.2) is 77.3 Å². The van der Waals surface area contributed by atoms with Crippen molar-refractivity contribution in [1.29, 1.82) is 0 Å². The van der Waals surface area contributed by atoms with Crippen LogP contribution >= 0.6 is 15.9 Å². The third-order valence-corrected chi connectivity index (χ3v) is 5.78. The van der Waals surface area contributed by atoms with Crippen molar-refractivity contribution in [3.63, 3.8) is 0 Å². The number of nitrogens with one attached hydrogen (secondary N) is 1. The fourth-order valence-electron chi connectivity index (χ4n) is 3.49. The Bertz CT molecular complexity index is 1010. The molecule has 33 heavy (non-hydrogen) atoms. The molecule has 0 saturated carbocycles.